The third-order valence-electron chi connectivity index (χ3n) is 2.06. The predicted molar refractivity (Wildman–Crippen MR) is 39.3 cm³/mol. The van der Waals surface area contributed by atoms with Gasteiger partial charge in [-0.05, 0) is 12.8 Å². The second kappa shape index (κ2) is 4.05. The first-order valence-electron chi connectivity index (χ1n) is 3.59. The fourth-order valence-corrected chi connectivity index (χ4v) is 0.902. The van der Waals surface area contributed by atoms with Crippen LogP contribution in [0, 0.1) is 16.7 Å². The van der Waals surface area contributed by atoms with Crippen LogP contribution in [0.15, 0.2) is 0 Å². The van der Waals surface area contributed by atoms with Crippen LogP contribution >= 0.6 is 0 Å². The van der Waals surface area contributed by atoms with E-state index in [1.54, 1.807) is 0 Å². The highest BCUT2D eigenvalue weighted by Crippen LogP contribution is 2.27. The number of nitriles is 1. The molecule has 0 atom stereocenters. The third-order valence-corrected chi connectivity index (χ3v) is 2.06. The van der Waals surface area contributed by atoms with E-state index in [0.717, 1.165) is 19.1 Å². The maximum Gasteiger partial charge on any atom is 0.121 e. The van der Waals surface area contributed by atoms with Gasteiger partial charge in [0.15, 0.2) is 0 Å². The van der Waals surface area contributed by atoms with E-state index in [0.29, 0.717) is 6.42 Å². The Bertz CT molecular complexity index is 142. The van der Waals surface area contributed by atoms with Crippen LogP contribution in [-0.2, 0) is 4.79 Å². The molecule has 0 heterocycles. The van der Waals surface area contributed by atoms with Crippen LogP contribution in [0.3, 0.4) is 0 Å². The Morgan fingerprint density at radius 2 is 2.00 bits per heavy atom. The predicted octanol–water partition coefficient (Wildman–Crippen LogP) is 1.91. The smallest absolute Gasteiger partial charge is 0.121 e. The molecule has 56 valence electrons. The largest absolute Gasteiger partial charge is 0.303 e. The SMILES string of the molecule is CCC(C#N)(CC)CC=O. The molecule has 0 fully saturated rings. The van der Waals surface area contributed by atoms with Gasteiger partial charge in [0, 0.05) is 6.42 Å². The van der Waals surface area contributed by atoms with Gasteiger partial charge < -0.3 is 4.79 Å². The number of hydrogen-bond donors (Lipinski definition) is 0. The van der Waals surface area contributed by atoms with Gasteiger partial charge in [-0.15, -0.1) is 0 Å². The van der Waals surface area contributed by atoms with Crippen molar-refractivity contribution in [3.05, 3.63) is 0 Å². The minimum absolute atomic E-state index is 0.372. The van der Waals surface area contributed by atoms with Gasteiger partial charge in [-0.1, -0.05) is 13.8 Å². The Balaban J connectivity index is 4.18. The number of carbonyl (C=O) groups is 1. The van der Waals surface area contributed by atoms with Gasteiger partial charge in [0.1, 0.15) is 6.29 Å². The summed E-state index contributed by atoms with van der Waals surface area (Å²) < 4.78 is 0. The molecule has 2 heteroatoms. The minimum Gasteiger partial charge on any atom is -0.303 e. The third kappa shape index (κ3) is 1.84. The van der Waals surface area contributed by atoms with Crippen molar-refractivity contribution in [1.82, 2.24) is 0 Å². The first-order chi connectivity index (χ1) is 4.74. The number of rotatable bonds is 4. The van der Waals surface area contributed by atoms with Crippen molar-refractivity contribution in [2.45, 2.75) is 33.1 Å². The van der Waals surface area contributed by atoms with Gasteiger partial charge in [0.25, 0.3) is 0 Å². The molecule has 0 amide bonds. The van der Waals surface area contributed by atoms with Crippen LogP contribution in [0.25, 0.3) is 0 Å². The van der Waals surface area contributed by atoms with E-state index >= 15 is 0 Å². The average molecular weight is 139 g/mol. The zero-order valence-electron chi connectivity index (χ0n) is 6.55. The second-order valence-electron chi connectivity index (χ2n) is 2.47. The van der Waals surface area contributed by atoms with Crippen LogP contribution < -0.4 is 0 Å². The lowest BCUT2D eigenvalue weighted by atomic mass is 9.81. The summed E-state index contributed by atoms with van der Waals surface area (Å²) in [5, 5.41) is 8.70. The maximum absolute atomic E-state index is 10.1. The number of hydrogen-bond acceptors (Lipinski definition) is 2. The first-order valence-corrected chi connectivity index (χ1v) is 3.59. The highest BCUT2D eigenvalue weighted by atomic mass is 16.1. The van der Waals surface area contributed by atoms with Crippen molar-refractivity contribution in [3.8, 4) is 6.07 Å². The molecular formula is C8H13NO. The molecule has 2 nitrogen and oxygen atoms in total. The molecular weight excluding hydrogens is 126 g/mol. The van der Waals surface area contributed by atoms with E-state index in [1.165, 1.54) is 0 Å². The molecule has 0 saturated heterocycles. The van der Waals surface area contributed by atoms with E-state index in [4.69, 9.17) is 5.26 Å². The van der Waals surface area contributed by atoms with E-state index < -0.39 is 0 Å². The molecule has 0 bridgehead atoms. The van der Waals surface area contributed by atoms with Gasteiger partial charge >= 0.3 is 0 Å². The molecule has 0 rings (SSSR count). The van der Waals surface area contributed by atoms with Gasteiger partial charge in [0.05, 0.1) is 11.5 Å². The van der Waals surface area contributed by atoms with Crippen molar-refractivity contribution in [3.63, 3.8) is 0 Å². The molecule has 0 aromatic rings. The Morgan fingerprint density at radius 1 is 1.50 bits per heavy atom. The molecule has 0 saturated carbocycles. The summed E-state index contributed by atoms with van der Waals surface area (Å²) in [5.41, 5.74) is -0.387. The topological polar surface area (TPSA) is 40.9 Å². The highest BCUT2D eigenvalue weighted by molar-refractivity contribution is 5.51. The van der Waals surface area contributed by atoms with Crippen LogP contribution in [0.4, 0.5) is 0 Å². The van der Waals surface area contributed by atoms with Gasteiger partial charge in [0.2, 0.25) is 0 Å². The Hall–Kier alpha value is -0.840. The van der Waals surface area contributed by atoms with Crippen molar-refractivity contribution in [1.29, 1.82) is 5.26 Å². The number of nitrogens with zero attached hydrogens (tertiary/aromatic N) is 1. The van der Waals surface area contributed by atoms with Crippen LogP contribution in [-0.4, -0.2) is 6.29 Å². The number of aldehydes is 1. The molecule has 0 aliphatic heterocycles. The van der Waals surface area contributed by atoms with Crippen LogP contribution in [0.2, 0.25) is 0 Å². The fourth-order valence-electron chi connectivity index (χ4n) is 0.902. The lowest BCUT2D eigenvalue weighted by Crippen LogP contribution is -2.16. The van der Waals surface area contributed by atoms with E-state index in [9.17, 15) is 4.79 Å². The summed E-state index contributed by atoms with van der Waals surface area (Å²) in [6.07, 6.45) is 2.73. The number of carbonyl (C=O) groups excluding carboxylic acids is 1. The van der Waals surface area contributed by atoms with Gasteiger partial charge in [-0.3, -0.25) is 0 Å². The van der Waals surface area contributed by atoms with Gasteiger partial charge in [-0.25, -0.2) is 0 Å². The van der Waals surface area contributed by atoms with Crippen molar-refractivity contribution < 1.29 is 4.79 Å². The maximum atomic E-state index is 10.1. The molecule has 0 radical (unpaired) electrons. The molecule has 0 aromatic heterocycles. The lowest BCUT2D eigenvalue weighted by molar-refractivity contribution is -0.109. The molecule has 0 N–H and O–H groups in total. The summed E-state index contributed by atoms with van der Waals surface area (Å²) in [5.74, 6) is 0. The summed E-state index contributed by atoms with van der Waals surface area (Å²) >= 11 is 0. The van der Waals surface area contributed by atoms with Crippen molar-refractivity contribution >= 4 is 6.29 Å². The Labute approximate surface area is 61.8 Å². The molecule has 0 aliphatic rings. The van der Waals surface area contributed by atoms with E-state index in [-0.39, 0.29) is 5.41 Å². The first kappa shape index (κ1) is 9.16. The molecule has 0 spiro atoms. The summed E-state index contributed by atoms with van der Waals surface area (Å²) in [6.45, 7) is 3.88. The van der Waals surface area contributed by atoms with E-state index in [1.807, 2.05) is 13.8 Å². The Morgan fingerprint density at radius 3 is 2.10 bits per heavy atom. The zero-order valence-corrected chi connectivity index (χ0v) is 6.55. The monoisotopic (exact) mass is 139 g/mol. The van der Waals surface area contributed by atoms with E-state index in [2.05, 4.69) is 6.07 Å². The summed E-state index contributed by atoms with van der Waals surface area (Å²) in [6, 6.07) is 2.18. The summed E-state index contributed by atoms with van der Waals surface area (Å²) in [4.78, 5) is 10.1. The van der Waals surface area contributed by atoms with Crippen LogP contribution in [0.5, 0.6) is 0 Å². The molecule has 0 unspecified atom stereocenters. The average Bonchev–Trinajstić information content (AvgIpc) is 2.01. The second-order valence-corrected chi connectivity index (χ2v) is 2.47. The fraction of sp³-hybridized carbons (Fsp3) is 0.750. The molecule has 0 aliphatic carbocycles. The normalized spacial score (nSPS) is 10.5. The van der Waals surface area contributed by atoms with Crippen molar-refractivity contribution in [2.24, 2.45) is 5.41 Å². The lowest BCUT2D eigenvalue weighted by Gasteiger charge is -2.19. The zero-order chi connectivity index (χ0) is 8.04. The minimum atomic E-state index is -0.387. The molecule has 10 heavy (non-hydrogen) atoms. The van der Waals surface area contributed by atoms with Crippen molar-refractivity contribution in [2.75, 3.05) is 0 Å². The molecule has 0 aromatic carbocycles. The summed E-state index contributed by atoms with van der Waals surface area (Å²) in [7, 11) is 0. The Kier molecular flexibility index (Phi) is 3.71. The highest BCUT2D eigenvalue weighted by Gasteiger charge is 2.24. The standard InChI is InChI=1S/C8H13NO/c1-3-8(4-2,7-9)5-6-10/h6H,3-5H2,1-2H3. The quantitative estimate of drug-likeness (QED) is 0.558. The van der Waals surface area contributed by atoms with Crippen LogP contribution in [0.1, 0.15) is 33.1 Å². The van der Waals surface area contributed by atoms with Gasteiger partial charge in [-0.2, -0.15) is 5.26 Å².